The van der Waals surface area contributed by atoms with Gasteiger partial charge in [-0.25, -0.2) is 13.4 Å². The number of aromatic amines is 1. The predicted octanol–water partition coefficient (Wildman–Crippen LogP) is 4.05. The molecule has 1 amide bonds. The maximum absolute atomic E-state index is 12.8. The first-order chi connectivity index (χ1) is 18.3. The zero-order chi connectivity index (χ0) is 26.7. The van der Waals surface area contributed by atoms with E-state index in [1.165, 1.54) is 24.7 Å². The third-order valence-corrected chi connectivity index (χ3v) is 7.35. The number of aromatic nitrogens is 2. The number of rotatable bonds is 9. The van der Waals surface area contributed by atoms with Gasteiger partial charge in [-0.05, 0) is 47.5 Å². The van der Waals surface area contributed by atoms with Crippen LogP contribution in [0.3, 0.4) is 0 Å². The molecule has 192 valence electrons. The van der Waals surface area contributed by atoms with Crippen molar-refractivity contribution in [3.63, 3.8) is 0 Å². The average Bonchev–Trinajstić information content (AvgIpc) is 3.59. The van der Waals surface area contributed by atoms with E-state index in [-0.39, 0.29) is 23.0 Å². The fourth-order valence-corrected chi connectivity index (χ4v) is 5.10. The molecule has 4 N–H and O–H groups in total. The second kappa shape index (κ2) is 10.3. The van der Waals surface area contributed by atoms with Crippen LogP contribution < -0.4 is 10.0 Å². The quantitative estimate of drug-likeness (QED) is 0.224. The molecule has 3 aromatic carbocycles. The largest absolute Gasteiger partial charge is 0.480 e. The molecule has 0 saturated heterocycles. The number of fused-ring (bicyclic) bond motifs is 1. The van der Waals surface area contributed by atoms with E-state index in [9.17, 15) is 23.1 Å². The number of carboxylic acid groups (broad SMARTS) is 1. The van der Waals surface area contributed by atoms with Gasteiger partial charge in [-0.1, -0.05) is 42.5 Å². The third kappa shape index (κ3) is 5.48. The average molecular weight is 531 g/mol. The number of nitrogens with one attached hydrogen (secondary N) is 3. The Balaban J connectivity index is 1.25. The van der Waals surface area contributed by atoms with Crippen molar-refractivity contribution < 1.29 is 27.5 Å². The van der Waals surface area contributed by atoms with Crippen molar-refractivity contribution in [3.8, 4) is 11.1 Å². The van der Waals surface area contributed by atoms with Gasteiger partial charge in [0.1, 0.15) is 11.6 Å². The number of H-pyrrole nitrogens is 1. The summed E-state index contributed by atoms with van der Waals surface area (Å²) in [6.45, 7) is 0. The first kappa shape index (κ1) is 24.9. The van der Waals surface area contributed by atoms with Crippen LogP contribution in [0.15, 0.2) is 101 Å². The van der Waals surface area contributed by atoms with Crippen LogP contribution in [0, 0.1) is 0 Å². The number of furan rings is 1. The molecule has 0 aliphatic carbocycles. The Kier molecular flexibility index (Phi) is 6.77. The number of nitrogens with zero attached hydrogens (tertiary/aromatic N) is 1. The third-order valence-electron chi connectivity index (χ3n) is 5.86. The predicted molar refractivity (Wildman–Crippen MR) is 140 cm³/mol. The van der Waals surface area contributed by atoms with Gasteiger partial charge in [-0.15, -0.1) is 0 Å². The highest BCUT2D eigenvalue weighted by molar-refractivity contribution is 7.89. The molecule has 0 unspecified atom stereocenters. The standard InChI is InChI=1S/C27H22N4O6S/c32-26(25-13-19-3-1-2-4-24(19)37-25)30-20-9-5-17(6-10-20)18-7-11-22(12-8-18)38(35,36)31-23(27(33)34)14-21-15-28-16-29-21/h1-13,15-16,23,31H,14H2,(H,28,29)(H,30,32)(H,33,34)/t23-/m0/s1. The van der Waals surface area contributed by atoms with Crippen molar-refractivity contribution in [2.24, 2.45) is 0 Å². The van der Waals surface area contributed by atoms with Crippen LogP contribution >= 0.6 is 0 Å². The number of imidazole rings is 1. The number of aliphatic carboxylic acids is 1. The Morgan fingerprint density at radius 2 is 1.66 bits per heavy atom. The highest BCUT2D eigenvalue weighted by Gasteiger charge is 2.26. The monoisotopic (exact) mass is 530 g/mol. The van der Waals surface area contributed by atoms with Crippen LogP contribution in [-0.4, -0.2) is 41.4 Å². The molecule has 5 rings (SSSR count). The van der Waals surface area contributed by atoms with E-state index in [1.54, 1.807) is 48.5 Å². The topological polar surface area (TPSA) is 154 Å². The minimum Gasteiger partial charge on any atom is -0.480 e. The van der Waals surface area contributed by atoms with E-state index >= 15 is 0 Å². The highest BCUT2D eigenvalue weighted by Crippen LogP contribution is 2.24. The lowest BCUT2D eigenvalue weighted by Gasteiger charge is -2.14. The van der Waals surface area contributed by atoms with Crippen LogP contribution in [0.25, 0.3) is 22.1 Å². The fourth-order valence-electron chi connectivity index (χ4n) is 3.91. The summed E-state index contributed by atoms with van der Waals surface area (Å²) in [5, 5.41) is 13.1. The molecular formula is C27H22N4O6S. The molecular weight excluding hydrogens is 508 g/mol. The van der Waals surface area contributed by atoms with E-state index in [4.69, 9.17) is 4.42 Å². The second-order valence-electron chi connectivity index (χ2n) is 8.50. The van der Waals surface area contributed by atoms with Gasteiger partial charge in [0.15, 0.2) is 5.76 Å². The van der Waals surface area contributed by atoms with E-state index in [2.05, 4.69) is 20.0 Å². The number of carbonyl (C=O) groups is 2. The first-order valence-electron chi connectivity index (χ1n) is 11.5. The van der Waals surface area contributed by atoms with E-state index < -0.39 is 22.0 Å². The molecule has 0 spiro atoms. The Morgan fingerprint density at radius 3 is 2.29 bits per heavy atom. The maximum Gasteiger partial charge on any atom is 0.322 e. The maximum atomic E-state index is 12.8. The summed E-state index contributed by atoms with van der Waals surface area (Å²) in [5.41, 5.74) is 3.23. The lowest BCUT2D eigenvalue weighted by atomic mass is 10.1. The van der Waals surface area contributed by atoms with Crippen LogP contribution in [0.5, 0.6) is 0 Å². The summed E-state index contributed by atoms with van der Waals surface area (Å²) in [5.74, 6) is -1.47. The number of carboxylic acids is 1. The van der Waals surface area contributed by atoms with Crippen LogP contribution in [0.1, 0.15) is 16.2 Å². The number of anilines is 1. The first-order valence-corrected chi connectivity index (χ1v) is 13.0. The number of hydrogen-bond acceptors (Lipinski definition) is 6. The molecule has 1 atom stereocenters. The van der Waals surface area contributed by atoms with E-state index in [1.807, 2.05) is 18.2 Å². The molecule has 11 heteroatoms. The summed E-state index contributed by atoms with van der Waals surface area (Å²) in [6, 6.07) is 20.8. The molecule has 2 aromatic heterocycles. The van der Waals surface area contributed by atoms with Gasteiger partial charge in [0.2, 0.25) is 10.0 Å². The van der Waals surface area contributed by atoms with Crippen molar-refractivity contribution in [2.75, 3.05) is 5.32 Å². The number of benzene rings is 3. The van der Waals surface area contributed by atoms with Crippen LogP contribution in [0.2, 0.25) is 0 Å². The summed E-state index contributed by atoms with van der Waals surface area (Å²) in [7, 11) is -4.08. The Morgan fingerprint density at radius 1 is 0.974 bits per heavy atom. The van der Waals surface area contributed by atoms with Crippen molar-refractivity contribution in [3.05, 3.63) is 103 Å². The summed E-state index contributed by atoms with van der Waals surface area (Å²) >= 11 is 0. The van der Waals surface area contributed by atoms with Crippen LogP contribution in [-0.2, 0) is 21.2 Å². The minimum atomic E-state index is -4.08. The number of carbonyl (C=O) groups excluding carboxylic acids is 1. The van der Waals surface area contributed by atoms with Gasteiger partial charge in [0.25, 0.3) is 5.91 Å². The van der Waals surface area contributed by atoms with Crippen LogP contribution in [0.4, 0.5) is 5.69 Å². The zero-order valence-electron chi connectivity index (χ0n) is 19.8. The molecule has 0 fully saturated rings. The lowest BCUT2D eigenvalue weighted by Crippen LogP contribution is -2.42. The highest BCUT2D eigenvalue weighted by atomic mass is 32.2. The molecule has 10 nitrogen and oxygen atoms in total. The second-order valence-corrected chi connectivity index (χ2v) is 10.2. The molecule has 0 aliphatic rings. The Hall–Kier alpha value is -4.74. The number of para-hydroxylation sites is 1. The normalized spacial score (nSPS) is 12.3. The van der Waals surface area contributed by atoms with Gasteiger partial charge >= 0.3 is 5.97 Å². The number of amides is 1. The molecule has 0 radical (unpaired) electrons. The summed E-state index contributed by atoms with van der Waals surface area (Å²) in [6.07, 6.45) is 2.75. The van der Waals surface area contributed by atoms with E-state index in [0.29, 0.717) is 17.0 Å². The Bertz CT molecular complexity index is 1660. The van der Waals surface area contributed by atoms with Gasteiger partial charge in [0, 0.05) is 29.4 Å². The van der Waals surface area contributed by atoms with Gasteiger partial charge < -0.3 is 19.8 Å². The molecule has 0 saturated carbocycles. The zero-order valence-corrected chi connectivity index (χ0v) is 20.6. The number of sulfonamides is 1. The van der Waals surface area contributed by atoms with Crippen molar-refractivity contribution in [1.82, 2.24) is 14.7 Å². The molecule has 5 aromatic rings. The van der Waals surface area contributed by atoms with Crippen molar-refractivity contribution >= 4 is 38.6 Å². The molecule has 2 heterocycles. The Labute approximate surface area is 217 Å². The molecule has 38 heavy (non-hydrogen) atoms. The fraction of sp³-hybridized carbons (Fsp3) is 0.0741. The molecule has 0 aliphatic heterocycles. The summed E-state index contributed by atoms with van der Waals surface area (Å²) in [4.78, 5) is 30.7. The lowest BCUT2D eigenvalue weighted by molar-refractivity contribution is -0.138. The van der Waals surface area contributed by atoms with Crippen molar-refractivity contribution in [2.45, 2.75) is 17.4 Å². The summed E-state index contributed by atoms with van der Waals surface area (Å²) < 4.78 is 33.4. The smallest absolute Gasteiger partial charge is 0.322 e. The van der Waals surface area contributed by atoms with Crippen molar-refractivity contribution in [1.29, 1.82) is 0 Å². The minimum absolute atomic E-state index is 0.0631. The van der Waals surface area contributed by atoms with Gasteiger partial charge in [-0.3, -0.25) is 9.59 Å². The van der Waals surface area contributed by atoms with Gasteiger partial charge in [-0.2, -0.15) is 4.72 Å². The SMILES string of the molecule is O=C(Nc1ccc(-c2ccc(S(=O)(=O)N[C@@H](Cc3cnc[nH]3)C(=O)O)cc2)cc1)c1cc2ccccc2o1. The van der Waals surface area contributed by atoms with E-state index in [0.717, 1.165) is 16.5 Å². The molecule has 0 bridgehead atoms. The van der Waals surface area contributed by atoms with Gasteiger partial charge in [0.05, 0.1) is 11.2 Å². The number of hydrogen-bond donors (Lipinski definition) is 4.